The Morgan fingerprint density at radius 3 is 2.16 bits per heavy atom. The van der Waals surface area contributed by atoms with Gasteiger partial charge in [0.1, 0.15) is 0 Å². The van der Waals surface area contributed by atoms with Crippen LogP contribution in [0.1, 0.15) is 49.4 Å². The van der Waals surface area contributed by atoms with Crippen LogP contribution in [0.2, 0.25) is 0 Å². The van der Waals surface area contributed by atoms with E-state index in [2.05, 4.69) is 50.8 Å². The van der Waals surface area contributed by atoms with Crippen molar-refractivity contribution in [3.8, 4) is 0 Å². The molecule has 0 heterocycles. The molecule has 0 saturated heterocycles. The molecule has 19 heavy (non-hydrogen) atoms. The van der Waals surface area contributed by atoms with Gasteiger partial charge in [-0.15, -0.1) is 0 Å². The molecule has 2 N–H and O–H groups in total. The predicted octanol–water partition coefficient (Wildman–Crippen LogP) is 3.42. The maximum absolute atomic E-state index is 6.11. The van der Waals surface area contributed by atoms with E-state index < -0.39 is 0 Å². The summed E-state index contributed by atoms with van der Waals surface area (Å²) < 4.78 is 0. The third-order valence-corrected chi connectivity index (χ3v) is 3.84. The van der Waals surface area contributed by atoms with Crippen LogP contribution in [0.4, 0.5) is 0 Å². The Morgan fingerprint density at radius 1 is 1.16 bits per heavy atom. The topological polar surface area (TPSA) is 29.3 Å². The molecule has 1 aromatic rings. The Balaban J connectivity index is 2.25. The summed E-state index contributed by atoms with van der Waals surface area (Å²) in [5.74, 6) is 0.695. The smallest absolute Gasteiger partial charge is 0.0473 e. The van der Waals surface area contributed by atoms with Gasteiger partial charge >= 0.3 is 0 Å². The lowest BCUT2D eigenvalue weighted by Gasteiger charge is -2.33. The Bertz CT molecular complexity index is 401. The highest BCUT2D eigenvalue weighted by Crippen LogP contribution is 2.35. The molecule has 1 atom stereocenters. The van der Waals surface area contributed by atoms with Crippen LogP contribution in [0.5, 0.6) is 0 Å². The van der Waals surface area contributed by atoms with Crippen LogP contribution in [0, 0.1) is 19.8 Å². The second-order valence-corrected chi connectivity index (χ2v) is 6.49. The van der Waals surface area contributed by atoms with Crippen LogP contribution in [-0.4, -0.2) is 24.0 Å². The van der Waals surface area contributed by atoms with E-state index in [1.165, 1.54) is 29.5 Å². The van der Waals surface area contributed by atoms with Crippen LogP contribution in [0.25, 0.3) is 0 Å². The highest BCUT2D eigenvalue weighted by molar-refractivity contribution is 5.31. The molecule has 106 valence electrons. The molecular formula is C17H28N2. The molecule has 1 aliphatic carbocycles. The number of hydrogen-bond acceptors (Lipinski definition) is 2. The van der Waals surface area contributed by atoms with E-state index in [4.69, 9.17) is 5.73 Å². The second-order valence-electron chi connectivity index (χ2n) is 6.49. The van der Waals surface area contributed by atoms with Gasteiger partial charge in [-0.3, -0.25) is 4.90 Å². The second kappa shape index (κ2) is 6.06. The van der Waals surface area contributed by atoms with Gasteiger partial charge in [-0.25, -0.2) is 0 Å². The number of benzene rings is 1. The zero-order valence-corrected chi connectivity index (χ0v) is 12.8. The van der Waals surface area contributed by atoms with Crippen molar-refractivity contribution in [2.45, 2.75) is 52.6 Å². The summed E-state index contributed by atoms with van der Waals surface area (Å²) in [4.78, 5) is 2.64. The molecule has 1 fully saturated rings. The van der Waals surface area contributed by atoms with Gasteiger partial charge in [-0.2, -0.15) is 0 Å². The van der Waals surface area contributed by atoms with E-state index in [-0.39, 0.29) is 0 Å². The zero-order chi connectivity index (χ0) is 14.0. The summed E-state index contributed by atoms with van der Waals surface area (Å²) in [5, 5.41) is 0. The number of nitrogens with two attached hydrogens (primary N) is 1. The Labute approximate surface area is 118 Å². The maximum atomic E-state index is 6.11. The van der Waals surface area contributed by atoms with Gasteiger partial charge in [0.2, 0.25) is 0 Å². The van der Waals surface area contributed by atoms with Gasteiger partial charge in [0.15, 0.2) is 0 Å². The number of nitrogens with zero attached hydrogens (tertiary/aromatic N) is 1. The number of hydrogen-bond donors (Lipinski definition) is 1. The molecule has 1 aromatic carbocycles. The zero-order valence-electron chi connectivity index (χ0n) is 12.8. The first kappa shape index (κ1) is 14.5. The van der Waals surface area contributed by atoms with E-state index in [1.54, 1.807) is 0 Å². The van der Waals surface area contributed by atoms with Crippen LogP contribution < -0.4 is 5.73 Å². The van der Waals surface area contributed by atoms with Crippen molar-refractivity contribution in [1.29, 1.82) is 0 Å². The van der Waals surface area contributed by atoms with Crippen molar-refractivity contribution in [1.82, 2.24) is 4.90 Å². The highest BCUT2D eigenvalue weighted by atomic mass is 15.2. The molecule has 1 saturated carbocycles. The molecule has 1 aliphatic rings. The van der Waals surface area contributed by atoms with E-state index >= 15 is 0 Å². The first-order valence-electron chi connectivity index (χ1n) is 7.55. The molecule has 0 spiro atoms. The lowest BCUT2D eigenvalue weighted by Crippen LogP contribution is -2.38. The lowest BCUT2D eigenvalue weighted by atomic mass is 9.99. The van der Waals surface area contributed by atoms with Gasteiger partial charge in [-0.1, -0.05) is 43.2 Å². The molecule has 0 bridgehead atoms. The fraction of sp³-hybridized carbons (Fsp3) is 0.647. The molecule has 0 amide bonds. The fourth-order valence-corrected chi connectivity index (χ4v) is 3.02. The summed E-state index contributed by atoms with van der Waals surface area (Å²) in [5.41, 5.74) is 10.2. The van der Waals surface area contributed by atoms with E-state index in [1.807, 2.05) is 0 Å². The van der Waals surface area contributed by atoms with Gasteiger partial charge in [0, 0.05) is 25.2 Å². The van der Waals surface area contributed by atoms with Crippen molar-refractivity contribution < 1.29 is 0 Å². The average molecular weight is 260 g/mol. The summed E-state index contributed by atoms with van der Waals surface area (Å²) in [6, 6.07) is 7.99. The van der Waals surface area contributed by atoms with Gasteiger partial charge in [0.05, 0.1) is 0 Å². The largest absolute Gasteiger partial charge is 0.329 e. The third kappa shape index (κ3) is 3.80. The Kier molecular flexibility index (Phi) is 4.64. The normalized spacial score (nSPS) is 17.2. The van der Waals surface area contributed by atoms with Gasteiger partial charge in [0.25, 0.3) is 0 Å². The van der Waals surface area contributed by atoms with E-state index in [0.29, 0.717) is 18.5 Å². The predicted molar refractivity (Wildman–Crippen MR) is 82.3 cm³/mol. The first-order chi connectivity index (χ1) is 9.01. The van der Waals surface area contributed by atoms with Crippen molar-refractivity contribution in [2.24, 2.45) is 11.7 Å². The third-order valence-electron chi connectivity index (χ3n) is 3.84. The van der Waals surface area contributed by atoms with Crippen molar-refractivity contribution in [3.63, 3.8) is 0 Å². The minimum Gasteiger partial charge on any atom is -0.329 e. The van der Waals surface area contributed by atoms with Crippen molar-refractivity contribution in [2.75, 3.05) is 13.1 Å². The molecule has 0 aromatic heterocycles. The Hall–Kier alpha value is -0.860. The fourth-order valence-electron chi connectivity index (χ4n) is 3.02. The standard InChI is InChI=1S/C17H28N2/c1-12(2)11-19(16-5-6-16)17(10-18)15-8-13(3)7-14(4)9-15/h7-9,12,16-17H,5-6,10-11,18H2,1-4H3. The van der Waals surface area contributed by atoms with Crippen molar-refractivity contribution in [3.05, 3.63) is 34.9 Å². The van der Waals surface area contributed by atoms with Crippen LogP contribution in [0.3, 0.4) is 0 Å². The highest BCUT2D eigenvalue weighted by Gasteiger charge is 2.34. The minimum absolute atomic E-state index is 0.383. The SMILES string of the molecule is Cc1cc(C)cc(C(CN)N(CC(C)C)C2CC2)c1. The van der Waals surface area contributed by atoms with Crippen LogP contribution in [0.15, 0.2) is 18.2 Å². The van der Waals surface area contributed by atoms with E-state index in [9.17, 15) is 0 Å². The van der Waals surface area contributed by atoms with Crippen LogP contribution in [-0.2, 0) is 0 Å². The number of aryl methyl sites for hydroxylation is 2. The maximum Gasteiger partial charge on any atom is 0.0473 e. The average Bonchev–Trinajstić information content (AvgIpc) is 3.10. The summed E-state index contributed by atoms with van der Waals surface area (Å²) in [7, 11) is 0. The van der Waals surface area contributed by atoms with Gasteiger partial charge < -0.3 is 5.73 Å². The first-order valence-corrected chi connectivity index (χ1v) is 7.55. The van der Waals surface area contributed by atoms with E-state index in [0.717, 1.165) is 12.6 Å². The molecule has 2 heteroatoms. The summed E-state index contributed by atoms with van der Waals surface area (Å²) >= 11 is 0. The molecule has 0 radical (unpaired) electrons. The molecular weight excluding hydrogens is 232 g/mol. The summed E-state index contributed by atoms with van der Waals surface area (Å²) in [6.07, 6.45) is 2.68. The number of rotatable bonds is 6. The summed E-state index contributed by atoms with van der Waals surface area (Å²) in [6.45, 7) is 10.8. The minimum atomic E-state index is 0.383. The van der Waals surface area contributed by atoms with Crippen molar-refractivity contribution >= 4 is 0 Å². The molecule has 0 aliphatic heterocycles. The Morgan fingerprint density at radius 2 is 1.74 bits per heavy atom. The van der Waals surface area contributed by atoms with Gasteiger partial charge in [-0.05, 0) is 38.2 Å². The molecule has 2 rings (SSSR count). The molecule has 2 nitrogen and oxygen atoms in total. The quantitative estimate of drug-likeness (QED) is 0.849. The van der Waals surface area contributed by atoms with Crippen LogP contribution >= 0.6 is 0 Å². The molecule has 1 unspecified atom stereocenters. The lowest BCUT2D eigenvalue weighted by molar-refractivity contribution is 0.169. The monoisotopic (exact) mass is 260 g/mol.